The van der Waals surface area contributed by atoms with Gasteiger partial charge in [-0.25, -0.2) is 4.39 Å². The number of phenolic OH excluding ortho intramolecular Hbond substituents is 1. The van der Waals surface area contributed by atoms with Gasteiger partial charge in [0.2, 0.25) is 0 Å². The maximum Gasteiger partial charge on any atom is 0.293 e. The van der Waals surface area contributed by atoms with Crippen LogP contribution in [0.4, 0.5) is 9.18 Å². The third-order valence-corrected chi connectivity index (χ3v) is 5.98. The maximum absolute atomic E-state index is 14.0. The summed E-state index contributed by atoms with van der Waals surface area (Å²) in [6, 6.07) is 7.44. The Balaban J connectivity index is 1.89. The number of carbonyl (C=O) groups excluding carboxylic acids is 2. The zero-order chi connectivity index (χ0) is 20.4. The Labute approximate surface area is 183 Å². The van der Waals surface area contributed by atoms with Gasteiger partial charge in [-0.2, -0.15) is 0 Å². The summed E-state index contributed by atoms with van der Waals surface area (Å²) in [7, 11) is 0. The van der Waals surface area contributed by atoms with Crippen molar-refractivity contribution in [2.45, 2.75) is 13.5 Å². The Hall–Kier alpha value is -1.78. The van der Waals surface area contributed by atoms with Crippen molar-refractivity contribution in [2.24, 2.45) is 0 Å². The second-order valence-electron chi connectivity index (χ2n) is 5.75. The lowest BCUT2D eigenvalue weighted by Crippen LogP contribution is -2.28. The first-order valence-electron chi connectivity index (χ1n) is 8.15. The zero-order valence-electron chi connectivity index (χ0n) is 14.5. The van der Waals surface area contributed by atoms with Crippen LogP contribution < -0.4 is 4.74 Å². The van der Waals surface area contributed by atoms with E-state index in [9.17, 15) is 19.1 Å². The molecule has 0 saturated carbocycles. The molecule has 1 heterocycles. The molecule has 2 aromatic rings. The number of rotatable bonds is 5. The van der Waals surface area contributed by atoms with Crippen molar-refractivity contribution >= 4 is 63.2 Å². The van der Waals surface area contributed by atoms with Crippen LogP contribution in [0.25, 0.3) is 6.08 Å². The molecule has 0 unspecified atom stereocenters. The van der Waals surface area contributed by atoms with Crippen molar-refractivity contribution in [2.75, 3.05) is 6.61 Å². The summed E-state index contributed by atoms with van der Waals surface area (Å²) >= 11 is 8.72. The van der Waals surface area contributed by atoms with Crippen molar-refractivity contribution in [1.82, 2.24) is 4.90 Å². The summed E-state index contributed by atoms with van der Waals surface area (Å²) in [4.78, 5) is 26.1. The second kappa shape index (κ2) is 8.71. The lowest BCUT2D eigenvalue weighted by molar-refractivity contribution is -0.123. The van der Waals surface area contributed by atoms with Crippen LogP contribution in [0.3, 0.4) is 0 Å². The highest BCUT2D eigenvalue weighted by Gasteiger charge is 2.36. The van der Waals surface area contributed by atoms with Gasteiger partial charge in [0.05, 0.1) is 21.6 Å². The van der Waals surface area contributed by atoms with Crippen molar-refractivity contribution in [3.8, 4) is 11.5 Å². The molecular formula is C19H14ClFINO4S. The van der Waals surface area contributed by atoms with Crippen LogP contribution in [0, 0.1) is 9.39 Å². The monoisotopic (exact) mass is 533 g/mol. The Morgan fingerprint density at radius 1 is 1.36 bits per heavy atom. The fourth-order valence-corrected chi connectivity index (χ4v) is 4.26. The summed E-state index contributed by atoms with van der Waals surface area (Å²) in [6.07, 6.45) is 1.54. The number of ether oxygens (including phenoxy) is 1. The number of halogens is 3. The summed E-state index contributed by atoms with van der Waals surface area (Å²) in [5, 5.41) is 9.68. The molecule has 1 fully saturated rings. The highest BCUT2D eigenvalue weighted by atomic mass is 127. The Morgan fingerprint density at radius 3 is 2.79 bits per heavy atom. The molecule has 3 rings (SSSR count). The van der Waals surface area contributed by atoms with Crippen LogP contribution >= 0.6 is 46.0 Å². The molecule has 9 heteroatoms. The molecule has 0 aromatic heterocycles. The van der Waals surface area contributed by atoms with E-state index in [1.807, 2.05) is 22.6 Å². The largest absolute Gasteiger partial charge is 0.504 e. The number of carbonyl (C=O) groups is 2. The van der Waals surface area contributed by atoms with Crippen molar-refractivity contribution in [1.29, 1.82) is 0 Å². The predicted molar refractivity (Wildman–Crippen MR) is 115 cm³/mol. The van der Waals surface area contributed by atoms with E-state index in [2.05, 4.69) is 0 Å². The van der Waals surface area contributed by atoms with Crippen LogP contribution in [0.5, 0.6) is 11.5 Å². The van der Waals surface area contributed by atoms with Gasteiger partial charge in [-0.3, -0.25) is 14.5 Å². The van der Waals surface area contributed by atoms with E-state index >= 15 is 0 Å². The number of imide groups is 1. The SMILES string of the molecule is CCOc1cc(C=C2SC(=O)N(Cc3c(F)cccc3Cl)C2=O)cc(I)c1O. The molecule has 0 spiro atoms. The van der Waals surface area contributed by atoms with Crippen LogP contribution in [0.15, 0.2) is 35.2 Å². The van der Waals surface area contributed by atoms with Crippen LogP contribution in [0.2, 0.25) is 5.02 Å². The Morgan fingerprint density at radius 2 is 2.11 bits per heavy atom. The summed E-state index contributed by atoms with van der Waals surface area (Å²) in [5.41, 5.74) is 0.686. The fourth-order valence-electron chi connectivity index (χ4n) is 2.57. The van der Waals surface area contributed by atoms with Gasteiger partial charge in [-0.1, -0.05) is 17.7 Å². The zero-order valence-corrected chi connectivity index (χ0v) is 18.3. The standard InChI is InChI=1S/C19H14ClFINO4S/c1-2-27-15-7-10(6-14(22)17(15)24)8-16-18(25)23(19(26)28-16)9-11-12(20)4-3-5-13(11)21/h3-8,24H,2,9H2,1H3. The molecule has 1 N–H and O–H groups in total. The Bertz CT molecular complexity index is 978. The molecule has 146 valence electrons. The first kappa shape index (κ1) is 20.9. The highest BCUT2D eigenvalue weighted by molar-refractivity contribution is 14.1. The van der Waals surface area contributed by atoms with E-state index in [1.165, 1.54) is 24.3 Å². The smallest absolute Gasteiger partial charge is 0.293 e. The van der Waals surface area contributed by atoms with Crippen molar-refractivity contribution < 1.29 is 23.8 Å². The topological polar surface area (TPSA) is 66.8 Å². The quantitative estimate of drug-likeness (QED) is 0.410. The molecule has 1 aliphatic rings. The molecule has 2 amide bonds. The number of thioether (sulfide) groups is 1. The van der Waals surface area contributed by atoms with E-state index in [0.29, 0.717) is 15.7 Å². The van der Waals surface area contributed by atoms with Gasteiger partial charge in [0.1, 0.15) is 5.82 Å². The number of amides is 2. The van der Waals surface area contributed by atoms with Crippen LogP contribution in [-0.2, 0) is 11.3 Å². The van der Waals surface area contributed by atoms with Crippen LogP contribution in [-0.4, -0.2) is 27.8 Å². The van der Waals surface area contributed by atoms with Gasteiger partial charge >= 0.3 is 0 Å². The minimum Gasteiger partial charge on any atom is -0.504 e. The Kier molecular flexibility index (Phi) is 6.51. The van der Waals surface area contributed by atoms with Gasteiger partial charge in [0, 0.05) is 10.6 Å². The molecule has 0 atom stereocenters. The van der Waals surface area contributed by atoms with Gasteiger partial charge in [0.15, 0.2) is 11.5 Å². The molecule has 2 aromatic carbocycles. The van der Waals surface area contributed by atoms with Crippen molar-refractivity contribution in [3.63, 3.8) is 0 Å². The van der Waals surface area contributed by atoms with Gasteiger partial charge in [-0.05, 0) is 77.2 Å². The minimum atomic E-state index is -0.579. The van der Waals surface area contributed by atoms with Crippen LogP contribution in [0.1, 0.15) is 18.1 Å². The normalized spacial score (nSPS) is 15.6. The number of hydrogen-bond acceptors (Lipinski definition) is 5. The van der Waals surface area contributed by atoms with E-state index < -0.39 is 17.0 Å². The lowest BCUT2D eigenvalue weighted by atomic mass is 10.1. The van der Waals surface area contributed by atoms with E-state index in [0.717, 1.165) is 16.7 Å². The number of hydrogen-bond donors (Lipinski definition) is 1. The molecule has 1 saturated heterocycles. The molecule has 5 nitrogen and oxygen atoms in total. The van der Waals surface area contributed by atoms with Gasteiger partial charge < -0.3 is 9.84 Å². The predicted octanol–water partition coefficient (Wildman–Crippen LogP) is 5.42. The third kappa shape index (κ3) is 4.28. The first-order chi connectivity index (χ1) is 13.3. The van der Waals surface area contributed by atoms with E-state index in [4.69, 9.17) is 16.3 Å². The number of nitrogens with zero attached hydrogens (tertiary/aromatic N) is 1. The average molecular weight is 534 g/mol. The maximum atomic E-state index is 14.0. The molecule has 0 aliphatic carbocycles. The summed E-state index contributed by atoms with van der Waals surface area (Å²) in [6.45, 7) is 1.91. The number of benzene rings is 2. The molecule has 28 heavy (non-hydrogen) atoms. The minimum absolute atomic E-state index is 0.0156. The van der Waals surface area contributed by atoms with Gasteiger partial charge in [-0.15, -0.1) is 0 Å². The fraction of sp³-hybridized carbons (Fsp3) is 0.158. The second-order valence-corrected chi connectivity index (χ2v) is 8.31. The van der Waals surface area contributed by atoms with Gasteiger partial charge in [0.25, 0.3) is 11.1 Å². The average Bonchev–Trinajstić information content (AvgIpc) is 2.89. The van der Waals surface area contributed by atoms with Crippen molar-refractivity contribution in [3.05, 3.63) is 60.8 Å². The van der Waals surface area contributed by atoms with E-state index in [1.54, 1.807) is 19.1 Å². The molecule has 0 radical (unpaired) electrons. The number of phenols is 1. The molecule has 1 aliphatic heterocycles. The summed E-state index contributed by atoms with van der Waals surface area (Å²) in [5.74, 6) is -0.805. The number of aromatic hydroxyl groups is 1. The third-order valence-electron chi connectivity index (χ3n) is 3.90. The molecular weight excluding hydrogens is 520 g/mol. The highest BCUT2D eigenvalue weighted by Crippen LogP contribution is 2.37. The van der Waals surface area contributed by atoms with E-state index in [-0.39, 0.29) is 33.5 Å². The lowest BCUT2D eigenvalue weighted by Gasteiger charge is -2.14. The molecule has 0 bridgehead atoms. The summed E-state index contributed by atoms with van der Waals surface area (Å²) < 4.78 is 19.9. The first-order valence-corrected chi connectivity index (χ1v) is 10.4.